The molecule has 2 unspecified atom stereocenters. The smallest absolute Gasteiger partial charge is 0.155 e. The van der Waals surface area contributed by atoms with Crippen LogP contribution in [0.4, 0.5) is 0 Å². The van der Waals surface area contributed by atoms with Crippen molar-refractivity contribution in [1.29, 1.82) is 0 Å². The summed E-state index contributed by atoms with van der Waals surface area (Å²) in [4.78, 5) is 12.4. The molecule has 2 fully saturated rings. The molecule has 2 atom stereocenters. The number of ether oxygens (including phenoxy) is 1. The highest BCUT2D eigenvalue weighted by Gasteiger charge is 2.50. The molecule has 1 N–H and O–H groups in total. The molecule has 0 aromatic rings. The van der Waals surface area contributed by atoms with Gasteiger partial charge in [-0.3, -0.25) is 4.79 Å². The van der Waals surface area contributed by atoms with Crippen LogP contribution in [0, 0.1) is 5.92 Å². The van der Waals surface area contributed by atoms with Gasteiger partial charge >= 0.3 is 0 Å². The summed E-state index contributed by atoms with van der Waals surface area (Å²) >= 11 is 0. The Hall–Kier alpha value is -0.410. The second-order valence-electron chi connectivity index (χ2n) is 6.27. The quantitative estimate of drug-likeness (QED) is 0.780. The van der Waals surface area contributed by atoms with Crippen molar-refractivity contribution in [3.8, 4) is 0 Å². The summed E-state index contributed by atoms with van der Waals surface area (Å²) in [5.74, 6) is 0.395. The van der Waals surface area contributed by atoms with E-state index < -0.39 is 0 Å². The third-order valence-corrected chi connectivity index (χ3v) is 3.82. The highest BCUT2D eigenvalue weighted by atomic mass is 16.5. The highest BCUT2D eigenvalue weighted by Crippen LogP contribution is 2.43. The van der Waals surface area contributed by atoms with Gasteiger partial charge in [0.1, 0.15) is 0 Å². The fourth-order valence-corrected chi connectivity index (χ4v) is 3.18. The van der Waals surface area contributed by atoms with Gasteiger partial charge in [0.25, 0.3) is 0 Å². The Balaban J connectivity index is 2.11. The van der Waals surface area contributed by atoms with Crippen LogP contribution >= 0.6 is 0 Å². The van der Waals surface area contributed by atoms with Crippen molar-refractivity contribution >= 4 is 5.78 Å². The van der Waals surface area contributed by atoms with E-state index in [4.69, 9.17) is 4.74 Å². The van der Waals surface area contributed by atoms with Crippen molar-refractivity contribution < 1.29 is 9.53 Å². The summed E-state index contributed by atoms with van der Waals surface area (Å²) in [6, 6.07) is 0.0711. The van der Waals surface area contributed by atoms with Gasteiger partial charge < -0.3 is 10.1 Å². The van der Waals surface area contributed by atoms with E-state index in [0.717, 1.165) is 25.8 Å². The topological polar surface area (TPSA) is 38.3 Å². The van der Waals surface area contributed by atoms with Gasteiger partial charge in [-0.15, -0.1) is 0 Å². The predicted octanol–water partition coefficient (Wildman–Crippen LogP) is 1.90. The first kappa shape index (κ1) is 12.1. The standard InChI is InChI=1S/C13H23NO2/c1-12(2)8-9(13(3,4)16-12)11(15)10-6-5-7-14-10/h9-10,14H,5-8H2,1-4H3. The Labute approximate surface area is 97.9 Å². The zero-order chi connectivity index (χ0) is 12.0. The van der Waals surface area contributed by atoms with E-state index in [1.54, 1.807) is 0 Å². The molecule has 0 aromatic carbocycles. The van der Waals surface area contributed by atoms with Crippen molar-refractivity contribution in [2.75, 3.05) is 6.54 Å². The van der Waals surface area contributed by atoms with E-state index in [2.05, 4.69) is 19.2 Å². The zero-order valence-electron chi connectivity index (χ0n) is 10.8. The average Bonchev–Trinajstić information content (AvgIpc) is 2.69. The third-order valence-electron chi connectivity index (χ3n) is 3.82. The van der Waals surface area contributed by atoms with Crippen LogP contribution in [0.15, 0.2) is 0 Å². The van der Waals surface area contributed by atoms with Crippen molar-refractivity contribution in [2.45, 2.75) is 64.2 Å². The van der Waals surface area contributed by atoms with Crippen LogP contribution in [0.25, 0.3) is 0 Å². The van der Waals surface area contributed by atoms with Gasteiger partial charge in [-0.1, -0.05) is 0 Å². The molecule has 92 valence electrons. The molecule has 0 amide bonds. The van der Waals surface area contributed by atoms with E-state index in [1.807, 2.05) is 13.8 Å². The summed E-state index contributed by atoms with van der Waals surface area (Å²) in [6.45, 7) is 9.21. The van der Waals surface area contributed by atoms with Crippen molar-refractivity contribution in [3.63, 3.8) is 0 Å². The van der Waals surface area contributed by atoms with E-state index >= 15 is 0 Å². The van der Waals surface area contributed by atoms with E-state index in [0.29, 0.717) is 5.78 Å². The Kier molecular flexibility index (Phi) is 2.87. The molecule has 0 spiro atoms. The Morgan fingerprint density at radius 3 is 2.44 bits per heavy atom. The fraction of sp³-hybridized carbons (Fsp3) is 0.923. The normalized spacial score (nSPS) is 36.5. The maximum atomic E-state index is 12.4. The zero-order valence-corrected chi connectivity index (χ0v) is 10.8. The largest absolute Gasteiger partial charge is 0.369 e. The SMILES string of the molecule is CC1(C)CC(C(=O)C2CCCN2)C(C)(C)O1. The molecule has 3 heteroatoms. The van der Waals surface area contributed by atoms with Crippen LogP contribution in [0.5, 0.6) is 0 Å². The van der Waals surface area contributed by atoms with Crippen LogP contribution in [0.1, 0.15) is 47.0 Å². The van der Waals surface area contributed by atoms with Gasteiger partial charge in [0.2, 0.25) is 0 Å². The van der Waals surface area contributed by atoms with Gasteiger partial charge in [0.05, 0.1) is 23.2 Å². The first-order chi connectivity index (χ1) is 7.32. The number of Topliss-reactive ketones (excluding diaryl/α,β-unsaturated/α-hetero) is 1. The fourth-order valence-electron chi connectivity index (χ4n) is 3.18. The maximum Gasteiger partial charge on any atom is 0.155 e. The third kappa shape index (κ3) is 2.16. The first-order valence-electron chi connectivity index (χ1n) is 6.29. The molecule has 0 aromatic heterocycles. The van der Waals surface area contributed by atoms with Gasteiger partial charge in [-0.05, 0) is 53.5 Å². The number of rotatable bonds is 2. The molecule has 2 aliphatic rings. The molecule has 3 nitrogen and oxygen atoms in total. The van der Waals surface area contributed by atoms with Crippen molar-refractivity contribution in [3.05, 3.63) is 0 Å². The van der Waals surface area contributed by atoms with Gasteiger partial charge in [-0.25, -0.2) is 0 Å². The lowest BCUT2D eigenvalue weighted by molar-refractivity contribution is -0.131. The molecular weight excluding hydrogens is 202 g/mol. The Morgan fingerprint density at radius 1 is 1.31 bits per heavy atom. The molecule has 16 heavy (non-hydrogen) atoms. The monoisotopic (exact) mass is 225 g/mol. The number of hydrogen-bond donors (Lipinski definition) is 1. The molecule has 2 heterocycles. The molecular formula is C13H23NO2. The molecule has 2 rings (SSSR count). The number of carbonyl (C=O) groups is 1. The van der Waals surface area contributed by atoms with Gasteiger partial charge in [0.15, 0.2) is 5.78 Å². The van der Waals surface area contributed by atoms with Crippen LogP contribution in [-0.2, 0) is 9.53 Å². The second-order valence-corrected chi connectivity index (χ2v) is 6.27. The minimum Gasteiger partial charge on any atom is -0.369 e. The number of hydrogen-bond acceptors (Lipinski definition) is 3. The summed E-state index contributed by atoms with van der Waals surface area (Å²) in [7, 11) is 0. The van der Waals surface area contributed by atoms with Crippen molar-refractivity contribution in [1.82, 2.24) is 5.32 Å². The van der Waals surface area contributed by atoms with Crippen LogP contribution in [-0.4, -0.2) is 29.6 Å². The maximum absolute atomic E-state index is 12.4. The van der Waals surface area contributed by atoms with Gasteiger partial charge in [0, 0.05) is 0 Å². The first-order valence-corrected chi connectivity index (χ1v) is 6.29. The lowest BCUT2D eigenvalue weighted by atomic mass is 9.81. The minimum absolute atomic E-state index is 0.0399. The van der Waals surface area contributed by atoms with Crippen molar-refractivity contribution in [2.24, 2.45) is 5.92 Å². The molecule has 0 aliphatic carbocycles. The molecule has 2 saturated heterocycles. The van der Waals surface area contributed by atoms with Crippen LogP contribution < -0.4 is 5.32 Å². The van der Waals surface area contributed by atoms with E-state index in [-0.39, 0.29) is 23.2 Å². The minimum atomic E-state index is -0.315. The van der Waals surface area contributed by atoms with Crippen LogP contribution in [0.2, 0.25) is 0 Å². The summed E-state index contributed by atoms with van der Waals surface area (Å²) < 4.78 is 5.98. The molecule has 0 saturated carbocycles. The van der Waals surface area contributed by atoms with E-state index in [9.17, 15) is 4.79 Å². The molecule has 0 bridgehead atoms. The number of carbonyl (C=O) groups excluding carboxylic acids is 1. The Morgan fingerprint density at radius 2 is 2.00 bits per heavy atom. The number of nitrogens with one attached hydrogen (secondary N) is 1. The highest BCUT2D eigenvalue weighted by molar-refractivity contribution is 5.88. The molecule has 2 aliphatic heterocycles. The van der Waals surface area contributed by atoms with Crippen LogP contribution in [0.3, 0.4) is 0 Å². The summed E-state index contributed by atoms with van der Waals surface area (Å²) in [5, 5.41) is 3.29. The Bertz CT molecular complexity index is 290. The van der Waals surface area contributed by atoms with Gasteiger partial charge in [-0.2, -0.15) is 0 Å². The lowest BCUT2D eigenvalue weighted by Crippen LogP contribution is -2.42. The summed E-state index contributed by atoms with van der Waals surface area (Å²) in [6.07, 6.45) is 2.96. The number of ketones is 1. The summed E-state index contributed by atoms with van der Waals surface area (Å²) in [5.41, 5.74) is -0.479. The predicted molar refractivity (Wildman–Crippen MR) is 63.4 cm³/mol. The second kappa shape index (κ2) is 3.81. The average molecular weight is 225 g/mol. The lowest BCUT2D eigenvalue weighted by Gasteiger charge is -2.27. The molecule has 0 radical (unpaired) electrons. The van der Waals surface area contributed by atoms with E-state index in [1.165, 1.54) is 0 Å².